The summed E-state index contributed by atoms with van der Waals surface area (Å²) in [4.78, 5) is 42.5. The molecular weight excluding hydrogens is 400 g/mol. The summed E-state index contributed by atoms with van der Waals surface area (Å²) < 4.78 is 2.31. The number of carbonyl (C=O) groups is 3. The van der Waals surface area contributed by atoms with E-state index in [1.807, 2.05) is 6.92 Å². The number of nitrogens with zero attached hydrogens (tertiary/aromatic N) is 3. The molecule has 1 aromatic heterocycles. The van der Waals surface area contributed by atoms with E-state index in [0.717, 1.165) is 28.6 Å². The van der Waals surface area contributed by atoms with Crippen LogP contribution in [-0.4, -0.2) is 45.0 Å². The number of aryl methyl sites for hydroxylation is 1. The van der Waals surface area contributed by atoms with Gasteiger partial charge in [0.25, 0.3) is 11.8 Å². The fraction of sp³-hybridized carbons (Fsp3) is 0.455. The molecule has 158 valence electrons. The second-order valence-electron chi connectivity index (χ2n) is 7.99. The van der Waals surface area contributed by atoms with Crippen LogP contribution >= 0.6 is 11.8 Å². The van der Waals surface area contributed by atoms with E-state index in [4.69, 9.17) is 4.98 Å². The molecule has 2 aliphatic rings. The molecule has 2 heterocycles. The highest BCUT2D eigenvalue weighted by molar-refractivity contribution is 7.99. The Labute approximate surface area is 180 Å². The first-order chi connectivity index (χ1) is 14.4. The zero-order valence-electron chi connectivity index (χ0n) is 17.5. The monoisotopic (exact) mass is 426 g/mol. The summed E-state index contributed by atoms with van der Waals surface area (Å²) in [5.41, 5.74) is 3.39. The summed E-state index contributed by atoms with van der Waals surface area (Å²) >= 11 is 1.44. The van der Waals surface area contributed by atoms with Crippen LogP contribution in [0, 0.1) is 13.8 Å². The molecule has 1 N–H and O–H groups in total. The number of aromatic nitrogens is 2. The number of hydrogen-bond donors (Lipinski definition) is 1. The average molecular weight is 427 g/mol. The quantitative estimate of drug-likeness (QED) is 0.578. The fourth-order valence-corrected chi connectivity index (χ4v) is 5.19. The van der Waals surface area contributed by atoms with E-state index in [-0.39, 0.29) is 23.5 Å². The van der Waals surface area contributed by atoms with E-state index in [9.17, 15) is 14.4 Å². The van der Waals surface area contributed by atoms with Gasteiger partial charge in [0.15, 0.2) is 5.16 Å². The molecule has 0 spiro atoms. The van der Waals surface area contributed by atoms with Crippen LogP contribution in [0.1, 0.15) is 70.2 Å². The number of amides is 3. The second kappa shape index (κ2) is 8.26. The summed E-state index contributed by atoms with van der Waals surface area (Å²) in [6.07, 6.45) is 6.08. The largest absolute Gasteiger partial charge is 0.325 e. The average Bonchev–Trinajstić information content (AvgIpc) is 3.15. The first kappa shape index (κ1) is 20.7. The Balaban J connectivity index is 1.43. The Morgan fingerprint density at radius 2 is 1.83 bits per heavy atom. The lowest BCUT2D eigenvalue weighted by atomic mass is 9.95. The van der Waals surface area contributed by atoms with Crippen LogP contribution in [-0.2, 0) is 4.79 Å². The number of hydrogen-bond acceptors (Lipinski definition) is 5. The van der Waals surface area contributed by atoms with Crippen molar-refractivity contribution in [1.29, 1.82) is 0 Å². The Morgan fingerprint density at radius 1 is 1.13 bits per heavy atom. The van der Waals surface area contributed by atoms with Crippen LogP contribution in [0.15, 0.2) is 23.4 Å². The third-order valence-corrected chi connectivity index (χ3v) is 6.95. The van der Waals surface area contributed by atoms with Crippen LogP contribution in [0.3, 0.4) is 0 Å². The van der Waals surface area contributed by atoms with Gasteiger partial charge in [0, 0.05) is 24.5 Å². The van der Waals surface area contributed by atoms with Crippen molar-refractivity contribution in [1.82, 2.24) is 14.5 Å². The van der Waals surface area contributed by atoms with Crippen molar-refractivity contribution in [2.75, 3.05) is 18.1 Å². The second-order valence-corrected chi connectivity index (χ2v) is 8.94. The first-order valence-corrected chi connectivity index (χ1v) is 11.3. The molecule has 4 rings (SSSR count). The van der Waals surface area contributed by atoms with Crippen molar-refractivity contribution < 1.29 is 14.4 Å². The topological polar surface area (TPSA) is 84.3 Å². The molecule has 1 aromatic carbocycles. The predicted octanol–water partition coefficient (Wildman–Crippen LogP) is 3.96. The molecule has 0 radical (unpaired) electrons. The van der Waals surface area contributed by atoms with E-state index in [2.05, 4.69) is 16.8 Å². The molecule has 8 heteroatoms. The summed E-state index contributed by atoms with van der Waals surface area (Å²) in [6, 6.07) is 5.27. The number of imidazole rings is 1. The maximum absolute atomic E-state index is 12.5. The Kier molecular flexibility index (Phi) is 5.69. The molecule has 2 aromatic rings. The molecule has 0 unspecified atom stereocenters. The number of fused-ring (bicyclic) bond motifs is 1. The normalized spacial score (nSPS) is 16.8. The van der Waals surface area contributed by atoms with Crippen LogP contribution in [0.5, 0.6) is 0 Å². The Bertz CT molecular complexity index is 1020. The standard InChI is InChI=1S/C22H26N4O3S/c1-13-14(2)26(16-7-5-4-6-8-16)22(23-13)30-12-19(27)24-15-9-10-17-18(11-15)21(29)25(3)20(17)28/h9-11,16H,4-8,12H2,1-3H3,(H,24,27). The molecule has 30 heavy (non-hydrogen) atoms. The van der Waals surface area contributed by atoms with E-state index < -0.39 is 0 Å². The summed E-state index contributed by atoms with van der Waals surface area (Å²) in [5, 5.41) is 3.73. The fourth-order valence-electron chi connectivity index (χ4n) is 4.23. The van der Waals surface area contributed by atoms with Crippen molar-refractivity contribution in [2.45, 2.75) is 57.1 Å². The predicted molar refractivity (Wildman–Crippen MR) is 116 cm³/mol. The maximum atomic E-state index is 12.5. The van der Waals surface area contributed by atoms with Gasteiger partial charge in [0.05, 0.1) is 22.6 Å². The van der Waals surface area contributed by atoms with Gasteiger partial charge in [-0.2, -0.15) is 0 Å². The molecular formula is C22H26N4O3S. The summed E-state index contributed by atoms with van der Waals surface area (Å²) in [5.74, 6) is -0.602. The molecule has 1 aliphatic heterocycles. The lowest BCUT2D eigenvalue weighted by Gasteiger charge is -2.26. The maximum Gasteiger partial charge on any atom is 0.261 e. The lowest BCUT2D eigenvalue weighted by Crippen LogP contribution is -2.24. The number of anilines is 1. The highest BCUT2D eigenvalue weighted by atomic mass is 32.2. The van der Waals surface area contributed by atoms with Crippen molar-refractivity contribution in [3.8, 4) is 0 Å². The van der Waals surface area contributed by atoms with Crippen molar-refractivity contribution in [3.63, 3.8) is 0 Å². The molecule has 1 saturated carbocycles. The number of rotatable bonds is 5. The van der Waals surface area contributed by atoms with Crippen molar-refractivity contribution in [3.05, 3.63) is 40.7 Å². The zero-order chi connectivity index (χ0) is 21.4. The lowest BCUT2D eigenvalue weighted by molar-refractivity contribution is -0.113. The minimum atomic E-state index is -0.346. The van der Waals surface area contributed by atoms with E-state index in [1.165, 1.54) is 43.8 Å². The number of thioether (sulfide) groups is 1. The molecule has 0 bridgehead atoms. The molecule has 1 fully saturated rings. The molecule has 3 amide bonds. The van der Waals surface area contributed by atoms with Gasteiger partial charge in [0.1, 0.15) is 0 Å². The Morgan fingerprint density at radius 3 is 2.57 bits per heavy atom. The van der Waals surface area contributed by atoms with Gasteiger partial charge in [-0.05, 0) is 44.9 Å². The van der Waals surface area contributed by atoms with Gasteiger partial charge in [-0.15, -0.1) is 0 Å². The van der Waals surface area contributed by atoms with Gasteiger partial charge >= 0.3 is 0 Å². The number of carbonyl (C=O) groups excluding carboxylic acids is 3. The number of nitrogens with one attached hydrogen (secondary N) is 1. The number of benzene rings is 1. The zero-order valence-corrected chi connectivity index (χ0v) is 18.3. The molecule has 0 atom stereocenters. The molecule has 1 aliphatic carbocycles. The summed E-state index contributed by atoms with van der Waals surface area (Å²) in [7, 11) is 1.46. The van der Waals surface area contributed by atoms with Crippen LogP contribution in [0.25, 0.3) is 0 Å². The molecule has 7 nitrogen and oxygen atoms in total. The van der Waals surface area contributed by atoms with Gasteiger partial charge in [-0.25, -0.2) is 4.98 Å². The third kappa shape index (κ3) is 3.76. The van der Waals surface area contributed by atoms with Crippen LogP contribution < -0.4 is 5.32 Å². The van der Waals surface area contributed by atoms with Gasteiger partial charge in [0.2, 0.25) is 5.91 Å². The van der Waals surface area contributed by atoms with E-state index in [1.54, 1.807) is 18.2 Å². The van der Waals surface area contributed by atoms with Gasteiger partial charge < -0.3 is 9.88 Å². The minimum Gasteiger partial charge on any atom is -0.325 e. The van der Waals surface area contributed by atoms with Crippen LogP contribution in [0.4, 0.5) is 5.69 Å². The van der Waals surface area contributed by atoms with Gasteiger partial charge in [-0.1, -0.05) is 31.0 Å². The Hall–Kier alpha value is -2.61. The highest BCUT2D eigenvalue weighted by Crippen LogP contribution is 2.34. The van der Waals surface area contributed by atoms with Crippen LogP contribution in [0.2, 0.25) is 0 Å². The van der Waals surface area contributed by atoms with E-state index >= 15 is 0 Å². The summed E-state index contributed by atoms with van der Waals surface area (Å²) in [6.45, 7) is 4.11. The highest BCUT2D eigenvalue weighted by Gasteiger charge is 2.32. The van der Waals surface area contributed by atoms with Gasteiger partial charge in [-0.3, -0.25) is 19.3 Å². The number of imide groups is 1. The SMILES string of the molecule is Cc1nc(SCC(=O)Nc2ccc3c(c2)C(=O)N(C)C3=O)n(C2CCCCC2)c1C. The first-order valence-electron chi connectivity index (χ1n) is 10.3. The van der Waals surface area contributed by atoms with Crippen molar-refractivity contribution >= 4 is 35.2 Å². The smallest absolute Gasteiger partial charge is 0.261 e. The molecule has 0 saturated heterocycles. The van der Waals surface area contributed by atoms with E-state index in [0.29, 0.717) is 22.9 Å². The van der Waals surface area contributed by atoms with Crippen molar-refractivity contribution in [2.24, 2.45) is 0 Å². The third-order valence-electron chi connectivity index (χ3n) is 6.00. The minimum absolute atomic E-state index is 0.168.